The summed E-state index contributed by atoms with van der Waals surface area (Å²) in [5, 5.41) is 25.7. The summed E-state index contributed by atoms with van der Waals surface area (Å²) in [6, 6.07) is 29.4. The first-order valence-corrected chi connectivity index (χ1v) is 45.9. The van der Waals surface area contributed by atoms with E-state index < -0.39 is 55.9 Å². The molecule has 6 aliphatic rings. The second kappa shape index (κ2) is 60.4. The molecule has 11 N–H and O–H groups in total. The highest BCUT2D eigenvalue weighted by Crippen LogP contribution is 2.41. The second-order valence-corrected chi connectivity index (χ2v) is 34.2. The Labute approximate surface area is 846 Å². The number of carbonyl (C=O) groups excluding carboxylic acids is 1. The van der Waals surface area contributed by atoms with Crippen LogP contribution in [0.5, 0.6) is 63.2 Å². The van der Waals surface area contributed by atoms with Crippen LogP contribution in [0.3, 0.4) is 0 Å². The van der Waals surface area contributed by atoms with Crippen LogP contribution in [0.25, 0.3) is 22.3 Å². The zero-order valence-electron chi connectivity index (χ0n) is 81.4. The molecule has 0 aliphatic carbocycles. The van der Waals surface area contributed by atoms with Crippen LogP contribution < -0.4 is 89.1 Å². The van der Waals surface area contributed by atoms with Gasteiger partial charge in [0.05, 0.1) is 93.5 Å². The number of anilines is 4. The number of aliphatic hydroxyl groups is 2. The van der Waals surface area contributed by atoms with Crippen molar-refractivity contribution >= 4 is 77.9 Å². The largest absolute Gasteiger partial charge is 0.573 e. The van der Waals surface area contributed by atoms with E-state index in [1.807, 2.05) is 15.9 Å². The lowest BCUT2D eigenvalue weighted by molar-refractivity contribution is -0.275. The molecule has 7 aromatic carbocycles. The number of hydrogen-bond acceptors (Lipinski definition) is 30. The number of nitrogen functional groups attached to an aromatic ring is 1. The molecule has 7 heterocycles. The fourth-order valence-corrected chi connectivity index (χ4v) is 15.5. The Morgan fingerprint density at radius 3 is 1.10 bits per heavy atom. The summed E-state index contributed by atoms with van der Waals surface area (Å²) < 4.78 is 259. The Morgan fingerprint density at radius 2 is 0.738 bits per heavy atom. The predicted octanol–water partition coefficient (Wildman–Crippen LogP) is 16.2. The first kappa shape index (κ1) is 126. The van der Waals surface area contributed by atoms with E-state index in [0.29, 0.717) is 124 Å². The fourth-order valence-electron chi connectivity index (χ4n) is 14.6. The molecule has 0 spiro atoms. The number of nitrogens with two attached hydrogens (primary N) is 2. The van der Waals surface area contributed by atoms with Gasteiger partial charge in [0.15, 0.2) is 12.6 Å². The summed E-state index contributed by atoms with van der Waals surface area (Å²) in [6.45, 7) is 32.6. The number of aromatic amines is 1. The number of nitrogens with one attached hydrogen (secondary N) is 2. The van der Waals surface area contributed by atoms with Gasteiger partial charge < -0.3 is 128 Å². The zero-order chi connectivity index (χ0) is 106. The number of alkyl halides is 15. The SMILES string of the molecule is C.CC(C)N1CCN(c2cc(OC(F)(F)F)cc(C3OCCO3)c2)CC1.CC(C)N1CCNCC1.COc1cc(Br)cc(OC(F)(F)F)c1.COc1cc(N)c(C(N)=O)c(OC)c1.COc1cc(OC(F)(F)F)cc(N2CCN(C(C)C)CC2)c1.COc1cc(OC)c2c(=O)[nH]c(-c3cc(OC(F)(F)F)cc(N4CCN(C(C)C)CC4)c3)nc2c1.FC(F)(F)Oc1cc(Br)cc(C2OCCO2)c1.O.O=CO.OCCO. The van der Waals surface area contributed by atoms with Crippen LogP contribution in [0.15, 0.2) is 129 Å². The van der Waals surface area contributed by atoms with Crippen molar-refractivity contribution in [3.05, 3.63) is 151 Å². The van der Waals surface area contributed by atoms with Crippen LogP contribution >= 0.6 is 31.9 Å². The number of fused-ring (bicyclic) bond motifs is 1. The molecular formula is C94H127Br2F15N12O22. The number of rotatable bonds is 23. The minimum atomic E-state index is -4.86. The third-order valence-corrected chi connectivity index (χ3v) is 22.2. The van der Waals surface area contributed by atoms with Crippen molar-refractivity contribution < 1.29 is 167 Å². The van der Waals surface area contributed by atoms with Gasteiger partial charge in [-0.15, -0.1) is 65.9 Å². The van der Waals surface area contributed by atoms with Crippen molar-refractivity contribution in [1.29, 1.82) is 0 Å². The summed E-state index contributed by atoms with van der Waals surface area (Å²) in [5.41, 5.74) is 14.2. The van der Waals surface area contributed by atoms with Gasteiger partial charge in [-0.1, -0.05) is 39.3 Å². The van der Waals surface area contributed by atoms with Gasteiger partial charge in [-0.2, -0.15) is 0 Å². The van der Waals surface area contributed by atoms with Crippen molar-refractivity contribution in [2.75, 3.05) is 207 Å². The molecule has 14 rings (SSSR count). The number of piperazine rings is 4. The van der Waals surface area contributed by atoms with Crippen LogP contribution in [0.4, 0.5) is 88.6 Å². The van der Waals surface area contributed by atoms with Gasteiger partial charge in [0.1, 0.15) is 80.0 Å². The van der Waals surface area contributed by atoms with Gasteiger partial charge >= 0.3 is 31.8 Å². The highest BCUT2D eigenvalue weighted by atomic mass is 79.9. The molecule has 34 nitrogen and oxygen atoms in total. The standard InChI is InChI=1S/C24H27F3N4O4.C17H23F3N2O3.C15H21F3N2O2.C10H8BrF3O3.C9H12N2O3.C8H6BrF3O2.C7H16N2.C2H6O2.CH2O2.CH4.H2O/c1-14(2)30-5-7-31(8-6-30)16-9-15(10-18(11-16)35-24(25,26)27)22-28-19-12-17(33-3)13-20(34-4)21(19)23(32)29-22;1-12(2)21-3-5-22(6-4-21)14-9-13(16-23-7-8-24-16)10-15(11-14)25-17(18,19)20;1-11(2)19-4-6-20(7-5-19)12-8-13(21-3)10-14(9-12)22-15(16,17)18;11-7-3-6(9-15-1-2-16-9)4-8(5-7)17-10(12,13)14;1-13-5-3-6(10)8(9(11)12)7(4-5)14-2;1-13-6-2-5(9)3-7(4-6)14-8(10,11)12;1-7(2)9-5-3-8-4-6-9;3-1-2-4;2-1-3;;/h9-14H,5-8H2,1-4H3,(H,28,29,32);9-12,16H,3-8H2,1-2H3;8-11H,4-7H2,1-3H3;3-5,9H,1-2H2;3-4H,10H2,1-2H3,(H2,11,12);2-4H,1H3;7-8H,3-6H2,1-2H3;3-4H,1-2H2;1H,(H,2,3);1H4;1H2. The molecule has 51 heteroatoms. The molecule has 145 heavy (non-hydrogen) atoms. The van der Waals surface area contributed by atoms with Gasteiger partial charge in [0.2, 0.25) is 0 Å². The maximum atomic E-state index is 13.1. The van der Waals surface area contributed by atoms with Crippen molar-refractivity contribution in [3.63, 3.8) is 0 Å². The number of ether oxygens (including phenoxy) is 15. The number of H-pyrrole nitrogens is 1. The molecule has 0 saturated carbocycles. The molecule has 1 amide bonds. The van der Waals surface area contributed by atoms with Crippen molar-refractivity contribution in [2.45, 2.75) is 131 Å². The number of aromatic nitrogens is 2. The van der Waals surface area contributed by atoms with E-state index in [2.05, 4.69) is 151 Å². The second-order valence-electron chi connectivity index (χ2n) is 32.4. The molecular weight excluding hydrogens is 2090 g/mol. The molecule has 6 fully saturated rings. The number of nitrogens with zero attached hydrogens (tertiary/aromatic N) is 8. The number of carboxylic acid groups (broad SMARTS) is 1. The zero-order valence-corrected chi connectivity index (χ0v) is 84.6. The van der Waals surface area contributed by atoms with E-state index in [9.17, 15) is 75.4 Å². The van der Waals surface area contributed by atoms with Crippen molar-refractivity contribution in [3.8, 4) is 74.6 Å². The average Bonchev–Trinajstić information content (AvgIpc) is 1.23. The van der Waals surface area contributed by atoms with E-state index in [1.165, 1.54) is 122 Å². The quantitative estimate of drug-likeness (QED) is 0.0178. The fraction of sp³-hybridized carbons (Fsp3) is 0.511. The van der Waals surface area contributed by atoms with Crippen LogP contribution in [-0.4, -0.2) is 306 Å². The number of aliphatic hydroxyl groups excluding tert-OH is 2. The maximum Gasteiger partial charge on any atom is 0.573 e. The molecule has 0 bridgehead atoms. The highest BCUT2D eigenvalue weighted by molar-refractivity contribution is 9.10. The summed E-state index contributed by atoms with van der Waals surface area (Å²) >= 11 is 6.14. The normalized spacial score (nSPS) is 15.5. The molecule has 0 atom stereocenters. The van der Waals surface area contributed by atoms with Crippen LogP contribution in [0.2, 0.25) is 0 Å². The maximum absolute atomic E-state index is 13.1. The van der Waals surface area contributed by atoms with E-state index >= 15 is 0 Å². The average molecular weight is 2220 g/mol. The van der Waals surface area contributed by atoms with Gasteiger partial charge in [-0.3, -0.25) is 34.0 Å². The van der Waals surface area contributed by atoms with Gasteiger partial charge in [-0.05, 0) is 110 Å². The lowest BCUT2D eigenvalue weighted by atomic mass is 10.1. The number of carbonyl (C=O) groups is 2. The molecule has 0 unspecified atom stereocenters. The van der Waals surface area contributed by atoms with E-state index in [0.717, 1.165) is 90.6 Å². The van der Waals surface area contributed by atoms with Crippen LogP contribution in [-0.2, 0) is 23.7 Å². The van der Waals surface area contributed by atoms with Crippen molar-refractivity contribution in [1.82, 2.24) is 34.9 Å². The summed E-state index contributed by atoms with van der Waals surface area (Å²) in [5.74, 6) is 0.147. The van der Waals surface area contributed by atoms with Gasteiger partial charge in [0.25, 0.3) is 17.9 Å². The van der Waals surface area contributed by atoms with E-state index in [4.69, 9.17) is 79.0 Å². The number of hydrogen-bond donors (Lipinski definition) is 7. The minimum absolute atomic E-state index is 0. The monoisotopic (exact) mass is 2220 g/mol. The Kier molecular flexibility index (Phi) is 52.6. The lowest BCUT2D eigenvalue weighted by Crippen LogP contribution is -2.48. The number of halogens is 17. The molecule has 1 aromatic heterocycles. The first-order chi connectivity index (χ1) is 67.2. The summed E-state index contributed by atoms with van der Waals surface area (Å²) in [6.07, 6.45) is -25.0. The first-order valence-electron chi connectivity index (χ1n) is 44.3. The van der Waals surface area contributed by atoms with Gasteiger partial charge in [0, 0.05) is 232 Å². The minimum Gasteiger partial charge on any atom is -0.497 e. The Morgan fingerprint density at radius 1 is 0.434 bits per heavy atom. The highest BCUT2D eigenvalue weighted by Gasteiger charge is 2.38. The van der Waals surface area contributed by atoms with Gasteiger partial charge in [-0.25, -0.2) is 4.98 Å². The molecule has 6 saturated heterocycles. The third-order valence-electron chi connectivity index (χ3n) is 21.3. The summed E-state index contributed by atoms with van der Waals surface area (Å²) in [4.78, 5) is 55.1. The number of primary amides is 1. The molecule has 8 aromatic rings. The van der Waals surface area contributed by atoms with E-state index in [-0.39, 0.29) is 101 Å². The Hall–Kier alpha value is -11.0. The number of benzene rings is 7. The summed E-state index contributed by atoms with van der Waals surface area (Å²) in [7, 11) is 8.61. The Bertz CT molecular complexity index is 5270. The van der Waals surface area contributed by atoms with E-state index in [1.54, 1.807) is 36.4 Å². The molecule has 6 aliphatic heterocycles. The van der Waals surface area contributed by atoms with Crippen molar-refractivity contribution in [2.24, 2.45) is 5.73 Å². The smallest absolute Gasteiger partial charge is 0.497 e. The number of methoxy groups -OCH3 is 6. The third kappa shape index (κ3) is 44.3. The predicted molar refractivity (Wildman–Crippen MR) is 520 cm³/mol. The lowest BCUT2D eigenvalue weighted by Gasteiger charge is -2.38. The topological polar surface area (TPSA) is 397 Å². The molecule has 814 valence electrons. The van der Waals surface area contributed by atoms with Crippen LogP contribution in [0, 0.1) is 0 Å². The Balaban J connectivity index is 0.000000359. The van der Waals surface area contributed by atoms with Crippen LogP contribution in [0.1, 0.15) is 96.9 Å². The number of amides is 1. The molecule has 0 radical (unpaired) electrons.